The molecule has 23 nitrogen and oxygen atoms in total. The van der Waals surface area contributed by atoms with Crippen LogP contribution >= 0.6 is 135 Å². The number of H-pyrrole nitrogens is 1. The first-order valence-electron chi connectivity index (χ1n) is 42.6. The molecule has 0 atom stereocenters. The first kappa shape index (κ1) is 111. The van der Waals surface area contributed by atoms with E-state index in [1.54, 1.807) is 99.9 Å². The number of aryl methyl sites for hydroxylation is 7. The highest BCUT2D eigenvalue weighted by atomic mass is 79.9. The van der Waals surface area contributed by atoms with Crippen LogP contribution < -0.4 is 9.47 Å². The highest BCUT2D eigenvalue weighted by Crippen LogP contribution is 2.40. The molecule has 0 saturated carbocycles. The SMILES string of the molecule is CCOC(=O)c1ccc(N=Cc2cc(C)cc(Br)c2O)cc1.COc1ccc(N=Cc2cc(C)cc(Br)c2O)cc1.Cc1cc(Br)c(O)c(C=Nc2ccc(C(F)(F)F)cc2Cl)c1.Cc1cc(Br)c(O)c(C=Nc2ccc(CC#N)cc2)c1.Cc1cc(Br)c(O)c(C=Nc2ccc(Cl)cc2)c1.Cc1cc(Br)c(O)c(C=Nc2ccc3c(c2)COCO3)c1.Cc1cc(Br)c(O)c(C=Nc2ccc3n[nH]nc3c2)c1. The van der Waals surface area contributed by atoms with Gasteiger partial charge in [0, 0.05) is 93.0 Å². The number of carbonyl (C=O) groups excluding carboxylic acids is 1. The number of rotatable bonds is 18. The van der Waals surface area contributed by atoms with Crippen LogP contribution in [0.5, 0.6) is 51.7 Å². The second-order valence-electron chi connectivity index (χ2n) is 31.1. The average molecular weight is 2410 g/mol. The molecule has 0 aliphatic carbocycles. The number of fused-ring (bicyclic) bond motifs is 2. The predicted molar refractivity (Wildman–Crippen MR) is 584 cm³/mol. The molecule has 35 heteroatoms. The lowest BCUT2D eigenvalue weighted by Gasteiger charge is -2.17. The maximum atomic E-state index is 12.6. The van der Waals surface area contributed by atoms with Crippen LogP contribution in [0.1, 0.15) is 112 Å². The van der Waals surface area contributed by atoms with E-state index < -0.39 is 11.7 Å². The highest BCUT2D eigenvalue weighted by molar-refractivity contribution is 9.11. The number of hydrogen-bond acceptors (Lipinski definition) is 22. The molecule has 1 aromatic heterocycles. The Bertz CT molecular complexity index is 7280. The number of alkyl halides is 3. The molecular formula is C107H89Br7Cl2F3N11O12. The Balaban J connectivity index is 0.000000170. The molecule has 15 aromatic rings. The van der Waals surface area contributed by atoms with E-state index in [2.05, 4.69) is 168 Å². The largest absolute Gasteiger partial charge is 0.506 e. The number of halogens is 12. The number of aromatic nitrogens is 3. The Labute approximate surface area is 886 Å². The van der Waals surface area contributed by atoms with Crippen molar-refractivity contribution in [3.05, 3.63) is 378 Å². The predicted octanol–water partition coefficient (Wildman–Crippen LogP) is 31.2. The highest BCUT2D eigenvalue weighted by Gasteiger charge is 2.31. The van der Waals surface area contributed by atoms with Crippen molar-refractivity contribution < 1.29 is 72.7 Å². The number of methoxy groups -OCH3 is 1. The summed E-state index contributed by atoms with van der Waals surface area (Å²) in [4.78, 5) is 41.6. The quantitative estimate of drug-likeness (QED) is 0.0292. The Morgan fingerprint density at radius 3 is 1.12 bits per heavy atom. The summed E-state index contributed by atoms with van der Waals surface area (Å²) in [5.74, 6) is 2.37. The molecule has 16 rings (SSSR count). The van der Waals surface area contributed by atoms with Gasteiger partial charge in [-0.25, -0.2) is 4.79 Å². The number of phenols is 7. The van der Waals surface area contributed by atoms with Crippen molar-refractivity contribution in [1.82, 2.24) is 15.4 Å². The van der Waals surface area contributed by atoms with Crippen LogP contribution in [-0.2, 0) is 28.7 Å². The van der Waals surface area contributed by atoms with E-state index in [-0.39, 0.29) is 56.9 Å². The smallest absolute Gasteiger partial charge is 0.416 e. The van der Waals surface area contributed by atoms with Crippen LogP contribution in [0.4, 0.5) is 53.0 Å². The minimum absolute atomic E-state index is 0.00242. The second-order valence-corrected chi connectivity index (χ2v) is 37.9. The molecule has 0 unspecified atom stereocenters. The fraction of sp³-hybridized carbons (Fsp3) is 0.131. The summed E-state index contributed by atoms with van der Waals surface area (Å²) in [6.07, 6.45) is 7.08. The van der Waals surface area contributed by atoms with Crippen molar-refractivity contribution >= 4 is 235 Å². The minimum atomic E-state index is -4.45. The van der Waals surface area contributed by atoms with Gasteiger partial charge < -0.3 is 54.7 Å². The van der Waals surface area contributed by atoms with Crippen LogP contribution in [0, 0.1) is 59.8 Å². The minimum Gasteiger partial charge on any atom is -0.506 e. The lowest BCUT2D eigenvalue weighted by Crippen LogP contribution is -2.10. The van der Waals surface area contributed by atoms with E-state index in [0.29, 0.717) is 113 Å². The summed E-state index contributed by atoms with van der Waals surface area (Å²) in [5.41, 5.74) is 19.5. The molecule has 0 radical (unpaired) electrons. The van der Waals surface area contributed by atoms with E-state index in [1.165, 1.54) is 12.3 Å². The molecule has 2 heterocycles. The number of ether oxygens (including phenoxy) is 4. The fourth-order valence-electron chi connectivity index (χ4n) is 12.8. The molecular weight excluding hydrogens is 2320 g/mol. The lowest BCUT2D eigenvalue weighted by atomic mass is 10.1. The van der Waals surface area contributed by atoms with Crippen molar-refractivity contribution in [3.8, 4) is 57.8 Å². The number of nitrogens with zero attached hydrogens (tertiary/aromatic N) is 10. The summed E-state index contributed by atoms with van der Waals surface area (Å²) < 4.78 is 62.7. The van der Waals surface area contributed by atoms with E-state index in [4.69, 9.17) is 47.4 Å². The normalized spacial score (nSPS) is 11.6. The van der Waals surface area contributed by atoms with Gasteiger partial charge in [0.15, 0.2) is 6.79 Å². The van der Waals surface area contributed by atoms with E-state index in [1.807, 2.05) is 218 Å². The summed E-state index contributed by atoms with van der Waals surface area (Å²) in [6, 6.07) is 70.8. The van der Waals surface area contributed by atoms with Crippen LogP contribution in [0.15, 0.2) is 303 Å². The zero-order chi connectivity index (χ0) is 103. The van der Waals surface area contributed by atoms with Gasteiger partial charge in [-0.3, -0.25) is 34.9 Å². The standard InChI is InChI=1S/C17H16BrNO3.C16H13BrN2O.C16H14BrNO3.C15H10BrClF3NO.C15H14BrNO2.C14H11BrClNO.C14H11BrN4O/c1-3-22-17(21)12-4-6-14(7-5-12)19-10-13-8-11(2)9-15(18)16(13)20;1-11-8-13(16(20)15(17)9-11)10-19-14-4-2-12(3-5-14)6-7-18;1-10-4-11(16(19)14(17)5-10)7-18-13-2-3-15-12(6-13)8-20-9-21-15;1-8-4-9(14(22)11(16)5-8)7-21-13-3-2-10(6-12(13)17)15(18,19)20;1-10-7-11(15(18)14(16)8-10)9-17-12-3-5-13(19-2)6-4-12;1-9-6-10(14(18)13(15)7-9)8-17-12-4-2-11(16)3-5-12;1-8-4-9(14(20)11(15)5-8)7-16-10-2-3-12-13(6-10)18-19-17-12/h4-10,20H,3H2,1-2H3;2-5,8-10,20H,6H2,1H3;2-7,19H,8-9H2,1H3;2-7,22H,1H3;3-9,18H,1-2H3;2-8,18H,1H3;2-7,20H,1H3,(H,17,18,19). The zero-order valence-corrected chi connectivity index (χ0v) is 89.7. The van der Waals surface area contributed by atoms with Crippen molar-refractivity contribution in [3.63, 3.8) is 0 Å². The monoisotopic (exact) mass is 2400 g/mol. The van der Waals surface area contributed by atoms with Gasteiger partial charge >= 0.3 is 12.1 Å². The molecule has 1 aliphatic heterocycles. The third-order valence-corrected chi connectivity index (χ3v) is 24.6. The maximum Gasteiger partial charge on any atom is 0.416 e. The van der Waals surface area contributed by atoms with Gasteiger partial charge in [0.2, 0.25) is 0 Å². The summed E-state index contributed by atoms with van der Waals surface area (Å²) in [6.45, 7) is 16.5. The van der Waals surface area contributed by atoms with E-state index >= 15 is 0 Å². The van der Waals surface area contributed by atoms with Crippen molar-refractivity contribution in [1.29, 1.82) is 5.26 Å². The molecule has 0 saturated heterocycles. The first-order chi connectivity index (χ1) is 67.7. The fourth-order valence-corrected chi connectivity index (χ4v) is 17.2. The molecule has 142 heavy (non-hydrogen) atoms. The Hall–Kier alpha value is -13.0. The molecule has 0 spiro atoms. The zero-order valence-electron chi connectivity index (χ0n) is 77.1. The van der Waals surface area contributed by atoms with Gasteiger partial charge in [0.25, 0.3) is 0 Å². The molecule has 728 valence electrons. The van der Waals surface area contributed by atoms with Gasteiger partial charge in [0.1, 0.15) is 62.8 Å². The molecule has 1 aliphatic rings. The molecule has 0 bridgehead atoms. The topological polar surface area (TPSA) is 347 Å². The number of phenolic OH excluding ortho intramolecular Hbond substituents is 7. The van der Waals surface area contributed by atoms with Crippen molar-refractivity contribution in [2.45, 2.75) is 74.6 Å². The molecule has 14 aromatic carbocycles. The van der Waals surface area contributed by atoms with Crippen LogP contribution in [0.3, 0.4) is 0 Å². The number of aromatic amines is 1. The number of aromatic hydroxyl groups is 7. The van der Waals surface area contributed by atoms with Crippen LogP contribution in [-0.4, -0.2) is 121 Å². The summed E-state index contributed by atoms with van der Waals surface area (Å²) in [7, 11) is 1.63. The number of nitrogens with one attached hydrogen (secondary N) is 1. The van der Waals surface area contributed by atoms with Gasteiger partial charge in [0.05, 0.1) is 120 Å². The number of benzene rings is 14. The Morgan fingerprint density at radius 2 is 0.761 bits per heavy atom. The first-order valence-corrected chi connectivity index (χ1v) is 48.9. The van der Waals surface area contributed by atoms with E-state index in [9.17, 15) is 53.7 Å². The van der Waals surface area contributed by atoms with Gasteiger partial charge in [-0.1, -0.05) is 35.3 Å². The summed E-state index contributed by atoms with van der Waals surface area (Å²) in [5, 5.41) is 89.3. The number of hydrogen-bond donors (Lipinski definition) is 8. The third kappa shape index (κ3) is 33.9. The molecule has 0 amide bonds. The van der Waals surface area contributed by atoms with Gasteiger partial charge in [-0.2, -0.15) is 33.8 Å². The van der Waals surface area contributed by atoms with E-state index in [0.717, 1.165) is 113 Å². The lowest BCUT2D eigenvalue weighted by molar-refractivity contribution is -0.137. The second kappa shape index (κ2) is 53.8. The summed E-state index contributed by atoms with van der Waals surface area (Å²) >= 11 is 34.7. The number of carbonyl (C=O) groups is 1. The number of aliphatic imine (C=N–C) groups is 7. The van der Waals surface area contributed by atoms with Gasteiger partial charge in [-0.15, -0.1) is 0 Å². The van der Waals surface area contributed by atoms with Crippen LogP contribution in [0.2, 0.25) is 10.0 Å². The Kier molecular flexibility index (Phi) is 42.0. The Morgan fingerprint density at radius 1 is 0.430 bits per heavy atom. The number of esters is 1. The van der Waals surface area contributed by atoms with Gasteiger partial charge in [-0.05, 0) is 436 Å². The molecule has 8 N–H and O–H groups in total. The van der Waals surface area contributed by atoms with Crippen LogP contribution in [0.25, 0.3) is 11.0 Å². The molecule has 0 fully saturated rings. The number of nitriles is 1. The average Bonchev–Trinajstić information content (AvgIpc) is 1.77. The third-order valence-electron chi connectivity index (χ3n) is 19.8. The van der Waals surface area contributed by atoms with Crippen molar-refractivity contribution in [2.75, 3.05) is 20.5 Å². The maximum absolute atomic E-state index is 12.6. The van der Waals surface area contributed by atoms with Crippen molar-refractivity contribution in [2.24, 2.45) is 34.9 Å².